The number of anilines is 1. The number of rotatable bonds is 10. The molecule has 1 N–H and O–H groups in total. The van der Waals surface area contributed by atoms with Crippen LogP contribution in [-0.2, 0) is 26.2 Å². The molecule has 1 fully saturated rings. The van der Waals surface area contributed by atoms with Crippen LogP contribution < -0.4 is 9.62 Å². The van der Waals surface area contributed by atoms with Crippen LogP contribution in [0.2, 0.25) is 5.02 Å². The molecule has 0 unspecified atom stereocenters. The van der Waals surface area contributed by atoms with E-state index in [-0.39, 0.29) is 23.4 Å². The molecule has 7 nitrogen and oxygen atoms in total. The number of hydrogen-bond donors (Lipinski definition) is 1. The molecule has 0 aromatic heterocycles. The van der Waals surface area contributed by atoms with Crippen LogP contribution in [0.25, 0.3) is 0 Å². The molecule has 0 radical (unpaired) electrons. The molecule has 0 heterocycles. The Kier molecular flexibility index (Phi) is 9.48. The number of amides is 2. The molecular weight excluding hydrogens is 553 g/mol. The Labute approximate surface area is 240 Å². The first kappa shape index (κ1) is 29.6. The molecule has 3 aromatic carbocycles. The van der Waals surface area contributed by atoms with Crippen LogP contribution in [0.5, 0.6) is 0 Å². The third-order valence-corrected chi connectivity index (χ3v) is 9.23. The van der Waals surface area contributed by atoms with Crippen LogP contribution in [-0.4, -0.2) is 43.8 Å². The van der Waals surface area contributed by atoms with Gasteiger partial charge in [0, 0.05) is 17.6 Å². The van der Waals surface area contributed by atoms with Gasteiger partial charge in [-0.05, 0) is 80.3 Å². The first-order valence-corrected chi connectivity index (χ1v) is 15.1. The van der Waals surface area contributed by atoms with E-state index in [9.17, 15) is 22.4 Å². The molecule has 212 valence electrons. The molecule has 1 aliphatic carbocycles. The molecule has 0 bridgehead atoms. The lowest BCUT2D eigenvalue weighted by Gasteiger charge is -2.33. The normalized spacial score (nSPS) is 14.5. The van der Waals surface area contributed by atoms with Gasteiger partial charge >= 0.3 is 0 Å². The SMILES string of the molecule is Cc1ccccc1N(CC(=O)N(Cc1ccc(F)cc1)[C@@H](C)C(=O)NC1CCCC1)S(=O)(=O)c1ccc(Cl)cc1. The van der Waals surface area contributed by atoms with Crippen molar-refractivity contribution in [2.24, 2.45) is 0 Å². The number of halogens is 2. The van der Waals surface area contributed by atoms with E-state index in [4.69, 9.17) is 11.6 Å². The van der Waals surface area contributed by atoms with Gasteiger partial charge in [-0.1, -0.05) is 54.8 Å². The van der Waals surface area contributed by atoms with Crippen LogP contribution in [0, 0.1) is 12.7 Å². The van der Waals surface area contributed by atoms with Crippen LogP contribution in [0.4, 0.5) is 10.1 Å². The van der Waals surface area contributed by atoms with Crippen molar-refractivity contribution in [1.29, 1.82) is 0 Å². The average Bonchev–Trinajstić information content (AvgIpc) is 3.44. The highest BCUT2D eigenvalue weighted by atomic mass is 35.5. The van der Waals surface area contributed by atoms with Crippen molar-refractivity contribution in [3.63, 3.8) is 0 Å². The molecule has 1 aliphatic rings. The highest BCUT2D eigenvalue weighted by molar-refractivity contribution is 7.92. The van der Waals surface area contributed by atoms with Crippen molar-refractivity contribution in [2.45, 2.75) is 63.1 Å². The average molecular weight is 586 g/mol. The van der Waals surface area contributed by atoms with E-state index >= 15 is 0 Å². The third-order valence-electron chi connectivity index (χ3n) is 7.20. The molecule has 0 aliphatic heterocycles. The topological polar surface area (TPSA) is 86.8 Å². The lowest BCUT2D eigenvalue weighted by Crippen LogP contribution is -2.52. The fourth-order valence-electron chi connectivity index (χ4n) is 4.85. The molecule has 40 heavy (non-hydrogen) atoms. The lowest BCUT2D eigenvalue weighted by atomic mass is 10.1. The number of aryl methyl sites for hydroxylation is 1. The molecule has 3 aromatic rings. The maximum Gasteiger partial charge on any atom is 0.264 e. The fourth-order valence-corrected chi connectivity index (χ4v) is 6.46. The van der Waals surface area contributed by atoms with E-state index in [1.54, 1.807) is 50.2 Å². The van der Waals surface area contributed by atoms with Gasteiger partial charge in [-0.3, -0.25) is 13.9 Å². The van der Waals surface area contributed by atoms with Gasteiger partial charge in [0.15, 0.2) is 0 Å². The minimum Gasteiger partial charge on any atom is -0.352 e. The van der Waals surface area contributed by atoms with Gasteiger partial charge in [0.05, 0.1) is 10.6 Å². The van der Waals surface area contributed by atoms with E-state index < -0.39 is 34.3 Å². The van der Waals surface area contributed by atoms with Gasteiger partial charge in [0.2, 0.25) is 11.8 Å². The van der Waals surface area contributed by atoms with Crippen molar-refractivity contribution in [3.05, 3.63) is 94.8 Å². The molecule has 0 spiro atoms. The fraction of sp³-hybridized carbons (Fsp3) is 0.333. The predicted octanol–water partition coefficient (Wildman–Crippen LogP) is 5.46. The number of nitrogens with zero attached hydrogens (tertiary/aromatic N) is 2. The van der Waals surface area contributed by atoms with Crippen molar-refractivity contribution in [3.8, 4) is 0 Å². The van der Waals surface area contributed by atoms with Gasteiger partial charge in [-0.2, -0.15) is 0 Å². The lowest BCUT2D eigenvalue weighted by molar-refractivity contribution is -0.139. The Morgan fingerprint density at radius 1 is 1.00 bits per heavy atom. The van der Waals surface area contributed by atoms with Crippen molar-refractivity contribution in [2.75, 3.05) is 10.8 Å². The standard InChI is InChI=1S/C30H33ClFN3O4S/c1-21-7-3-6-10-28(21)35(40(38,39)27-17-13-24(31)14-18-27)20-29(36)34(19-23-11-15-25(32)16-12-23)22(2)30(37)33-26-8-4-5-9-26/h3,6-7,10-18,22,26H,4-5,8-9,19-20H2,1-2H3,(H,33,37)/t22-/m0/s1. The van der Waals surface area contributed by atoms with Crippen LogP contribution in [0.1, 0.15) is 43.7 Å². The second-order valence-electron chi connectivity index (χ2n) is 10.1. The molecule has 4 rings (SSSR count). The summed E-state index contributed by atoms with van der Waals surface area (Å²) in [4.78, 5) is 28.5. The molecular formula is C30H33ClFN3O4S. The molecule has 2 amide bonds. The Morgan fingerprint density at radius 3 is 2.25 bits per heavy atom. The summed E-state index contributed by atoms with van der Waals surface area (Å²) in [5, 5.41) is 3.41. The molecule has 10 heteroatoms. The van der Waals surface area contributed by atoms with E-state index in [1.165, 1.54) is 41.3 Å². The van der Waals surface area contributed by atoms with E-state index in [1.807, 2.05) is 0 Å². The summed E-state index contributed by atoms with van der Waals surface area (Å²) >= 11 is 5.99. The summed E-state index contributed by atoms with van der Waals surface area (Å²) in [6, 6.07) is 17.4. The van der Waals surface area contributed by atoms with Crippen molar-refractivity contribution >= 4 is 39.1 Å². The highest BCUT2D eigenvalue weighted by Crippen LogP contribution is 2.28. The summed E-state index contributed by atoms with van der Waals surface area (Å²) in [6.07, 6.45) is 3.83. The monoisotopic (exact) mass is 585 g/mol. The molecule has 1 saturated carbocycles. The van der Waals surface area contributed by atoms with Gasteiger partial charge in [0.25, 0.3) is 10.0 Å². The van der Waals surface area contributed by atoms with Crippen LogP contribution >= 0.6 is 11.6 Å². The Hall–Kier alpha value is -3.43. The zero-order valence-electron chi connectivity index (χ0n) is 22.5. The smallest absolute Gasteiger partial charge is 0.264 e. The van der Waals surface area contributed by atoms with E-state index in [0.29, 0.717) is 21.8 Å². The second kappa shape index (κ2) is 12.8. The molecule has 1 atom stereocenters. The van der Waals surface area contributed by atoms with Gasteiger partial charge in [-0.25, -0.2) is 12.8 Å². The zero-order chi connectivity index (χ0) is 28.9. The van der Waals surface area contributed by atoms with E-state index in [2.05, 4.69) is 5.32 Å². The van der Waals surface area contributed by atoms with Crippen molar-refractivity contribution < 1.29 is 22.4 Å². The number of carbonyl (C=O) groups is 2. The zero-order valence-corrected chi connectivity index (χ0v) is 24.1. The number of benzene rings is 3. The number of carbonyl (C=O) groups excluding carboxylic acids is 2. The number of hydrogen-bond acceptors (Lipinski definition) is 4. The molecule has 0 saturated heterocycles. The maximum absolute atomic E-state index is 14.0. The quantitative estimate of drug-likeness (QED) is 0.342. The first-order chi connectivity index (χ1) is 19.1. The van der Waals surface area contributed by atoms with Crippen LogP contribution in [0.15, 0.2) is 77.7 Å². The van der Waals surface area contributed by atoms with Gasteiger partial charge < -0.3 is 10.2 Å². The largest absolute Gasteiger partial charge is 0.352 e. The summed E-state index contributed by atoms with van der Waals surface area (Å²) in [5.74, 6) is -1.31. The summed E-state index contributed by atoms with van der Waals surface area (Å²) in [6.45, 7) is 2.84. The Morgan fingerprint density at radius 2 is 1.62 bits per heavy atom. The summed E-state index contributed by atoms with van der Waals surface area (Å²) < 4.78 is 42.4. The number of nitrogens with one attached hydrogen (secondary N) is 1. The third kappa shape index (κ3) is 7.01. The van der Waals surface area contributed by atoms with Gasteiger partial charge in [0.1, 0.15) is 18.4 Å². The maximum atomic E-state index is 14.0. The minimum absolute atomic E-state index is 0.000963. The first-order valence-electron chi connectivity index (χ1n) is 13.2. The van der Waals surface area contributed by atoms with Crippen LogP contribution in [0.3, 0.4) is 0 Å². The van der Waals surface area contributed by atoms with Gasteiger partial charge in [-0.15, -0.1) is 0 Å². The summed E-state index contributed by atoms with van der Waals surface area (Å²) in [5.41, 5.74) is 1.61. The predicted molar refractivity (Wildman–Crippen MR) is 154 cm³/mol. The number of para-hydroxylation sites is 1. The minimum atomic E-state index is -4.19. The second-order valence-corrected chi connectivity index (χ2v) is 12.4. The summed E-state index contributed by atoms with van der Waals surface area (Å²) in [7, 11) is -4.19. The van der Waals surface area contributed by atoms with E-state index in [0.717, 1.165) is 30.0 Å². The Bertz CT molecular complexity index is 1440. The Balaban J connectivity index is 1.69. The number of sulfonamides is 1. The van der Waals surface area contributed by atoms with Crippen molar-refractivity contribution in [1.82, 2.24) is 10.2 Å². The highest BCUT2D eigenvalue weighted by Gasteiger charge is 2.33.